The van der Waals surface area contributed by atoms with Crippen LogP contribution in [0.15, 0.2) is 18.2 Å². The zero-order valence-electron chi connectivity index (χ0n) is 10.9. The molecule has 4 nitrogen and oxygen atoms in total. The molecule has 0 bridgehead atoms. The highest BCUT2D eigenvalue weighted by atomic mass is 16.6. The van der Waals surface area contributed by atoms with E-state index in [9.17, 15) is 0 Å². The Labute approximate surface area is 102 Å². The van der Waals surface area contributed by atoms with Crippen molar-refractivity contribution in [2.75, 3.05) is 34.5 Å². The fourth-order valence-corrected chi connectivity index (χ4v) is 1.45. The normalized spacial score (nSPS) is 12.2. The fraction of sp³-hybridized carbons (Fsp3) is 0.538. The average molecular weight is 240 g/mol. The van der Waals surface area contributed by atoms with Gasteiger partial charge in [0.2, 0.25) is 0 Å². The molecule has 17 heavy (non-hydrogen) atoms. The molecule has 0 aromatic heterocycles. The third kappa shape index (κ3) is 4.24. The predicted octanol–water partition coefficient (Wildman–Crippen LogP) is 2.04. The van der Waals surface area contributed by atoms with E-state index in [-0.39, 0.29) is 6.10 Å². The van der Waals surface area contributed by atoms with Crippen LogP contribution in [0.25, 0.3) is 0 Å². The van der Waals surface area contributed by atoms with Crippen LogP contribution in [0.3, 0.4) is 0 Å². The molecule has 0 radical (unpaired) electrons. The van der Waals surface area contributed by atoms with Gasteiger partial charge in [-0.1, -0.05) is 6.07 Å². The molecule has 1 aromatic rings. The molecule has 0 saturated heterocycles. The van der Waals surface area contributed by atoms with E-state index in [0.717, 1.165) is 17.1 Å². The van der Waals surface area contributed by atoms with Crippen molar-refractivity contribution in [3.05, 3.63) is 23.8 Å². The molecular weight excluding hydrogens is 220 g/mol. The summed E-state index contributed by atoms with van der Waals surface area (Å²) in [6.45, 7) is 2.95. The zero-order chi connectivity index (χ0) is 12.7. The van der Waals surface area contributed by atoms with Crippen LogP contribution in [0, 0.1) is 6.92 Å². The maximum absolute atomic E-state index is 5.68. The summed E-state index contributed by atoms with van der Waals surface area (Å²) in [6, 6.07) is 5.82. The molecule has 0 aliphatic rings. The van der Waals surface area contributed by atoms with Crippen LogP contribution in [-0.2, 0) is 9.47 Å². The minimum absolute atomic E-state index is 0.0785. The Bertz CT molecular complexity index is 338. The van der Waals surface area contributed by atoms with Crippen LogP contribution in [0.5, 0.6) is 11.5 Å². The van der Waals surface area contributed by atoms with Gasteiger partial charge in [-0.2, -0.15) is 0 Å². The molecule has 1 aromatic carbocycles. The first-order valence-electron chi connectivity index (χ1n) is 5.50. The van der Waals surface area contributed by atoms with Crippen molar-refractivity contribution >= 4 is 0 Å². The number of rotatable bonds is 7. The Morgan fingerprint density at radius 3 is 2.41 bits per heavy atom. The van der Waals surface area contributed by atoms with Crippen molar-refractivity contribution < 1.29 is 18.9 Å². The summed E-state index contributed by atoms with van der Waals surface area (Å²) in [4.78, 5) is 0. The highest BCUT2D eigenvalue weighted by Gasteiger charge is 2.10. The SMILES string of the molecule is COCC(COc1cc(C)ccc1OC)OC. The maximum Gasteiger partial charge on any atom is 0.161 e. The van der Waals surface area contributed by atoms with Gasteiger partial charge in [0.1, 0.15) is 12.7 Å². The molecule has 0 aliphatic carbocycles. The summed E-state index contributed by atoms with van der Waals surface area (Å²) in [7, 11) is 4.90. The highest BCUT2D eigenvalue weighted by Crippen LogP contribution is 2.27. The summed E-state index contributed by atoms with van der Waals surface area (Å²) in [6.07, 6.45) is -0.0785. The Morgan fingerprint density at radius 1 is 1.06 bits per heavy atom. The molecular formula is C13H20O4. The van der Waals surface area contributed by atoms with E-state index in [1.54, 1.807) is 21.3 Å². The van der Waals surface area contributed by atoms with E-state index in [1.807, 2.05) is 25.1 Å². The van der Waals surface area contributed by atoms with E-state index in [4.69, 9.17) is 18.9 Å². The minimum Gasteiger partial charge on any atom is -0.493 e. The Morgan fingerprint density at radius 2 is 1.82 bits per heavy atom. The van der Waals surface area contributed by atoms with E-state index < -0.39 is 0 Å². The fourth-order valence-electron chi connectivity index (χ4n) is 1.45. The molecule has 1 atom stereocenters. The first-order valence-corrected chi connectivity index (χ1v) is 5.50. The van der Waals surface area contributed by atoms with Crippen molar-refractivity contribution in [3.8, 4) is 11.5 Å². The highest BCUT2D eigenvalue weighted by molar-refractivity contribution is 5.42. The van der Waals surface area contributed by atoms with Gasteiger partial charge in [-0.15, -0.1) is 0 Å². The molecule has 0 heterocycles. The molecule has 1 rings (SSSR count). The molecule has 0 spiro atoms. The third-order valence-electron chi connectivity index (χ3n) is 2.43. The average Bonchev–Trinajstić information content (AvgIpc) is 2.34. The summed E-state index contributed by atoms with van der Waals surface area (Å²) in [5, 5.41) is 0. The zero-order valence-corrected chi connectivity index (χ0v) is 10.9. The van der Waals surface area contributed by atoms with Crippen molar-refractivity contribution in [2.45, 2.75) is 13.0 Å². The summed E-state index contributed by atoms with van der Waals surface area (Å²) in [5.41, 5.74) is 1.13. The Balaban J connectivity index is 2.63. The standard InChI is InChI=1S/C13H20O4/c1-10-5-6-12(16-4)13(7-10)17-9-11(15-3)8-14-2/h5-7,11H,8-9H2,1-4H3. The molecule has 0 saturated carbocycles. The summed E-state index contributed by atoms with van der Waals surface area (Å²) >= 11 is 0. The van der Waals surface area contributed by atoms with E-state index in [2.05, 4.69) is 0 Å². The summed E-state index contributed by atoms with van der Waals surface area (Å²) in [5.74, 6) is 1.45. The van der Waals surface area contributed by atoms with E-state index >= 15 is 0 Å². The lowest BCUT2D eigenvalue weighted by atomic mass is 10.2. The third-order valence-corrected chi connectivity index (χ3v) is 2.43. The molecule has 1 unspecified atom stereocenters. The number of benzene rings is 1. The van der Waals surface area contributed by atoms with Gasteiger partial charge in [0.25, 0.3) is 0 Å². The molecule has 96 valence electrons. The summed E-state index contributed by atoms with van der Waals surface area (Å²) < 4.78 is 21.2. The lowest BCUT2D eigenvalue weighted by molar-refractivity contribution is 0.000410. The molecule has 0 amide bonds. The minimum atomic E-state index is -0.0785. The number of hydrogen-bond acceptors (Lipinski definition) is 4. The largest absolute Gasteiger partial charge is 0.493 e. The number of methoxy groups -OCH3 is 3. The molecule has 4 heteroatoms. The van der Waals surface area contributed by atoms with Crippen LogP contribution in [0.4, 0.5) is 0 Å². The van der Waals surface area contributed by atoms with Crippen LogP contribution in [0.1, 0.15) is 5.56 Å². The van der Waals surface area contributed by atoms with E-state index in [0.29, 0.717) is 13.2 Å². The predicted molar refractivity (Wildman–Crippen MR) is 65.9 cm³/mol. The maximum atomic E-state index is 5.68. The van der Waals surface area contributed by atoms with Gasteiger partial charge >= 0.3 is 0 Å². The van der Waals surface area contributed by atoms with E-state index in [1.165, 1.54) is 0 Å². The number of ether oxygens (including phenoxy) is 4. The monoisotopic (exact) mass is 240 g/mol. The van der Waals surface area contributed by atoms with Gasteiger partial charge in [-0.05, 0) is 24.6 Å². The second-order valence-electron chi connectivity index (χ2n) is 3.78. The van der Waals surface area contributed by atoms with Crippen molar-refractivity contribution in [1.82, 2.24) is 0 Å². The Hall–Kier alpha value is -1.26. The first kappa shape index (κ1) is 13.8. The number of aryl methyl sites for hydroxylation is 1. The van der Waals surface area contributed by atoms with Crippen molar-refractivity contribution in [1.29, 1.82) is 0 Å². The van der Waals surface area contributed by atoms with Crippen molar-refractivity contribution in [3.63, 3.8) is 0 Å². The second kappa shape index (κ2) is 7.14. The van der Waals surface area contributed by atoms with Gasteiger partial charge in [0.05, 0.1) is 13.7 Å². The van der Waals surface area contributed by atoms with Gasteiger partial charge in [0.15, 0.2) is 11.5 Å². The van der Waals surface area contributed by atoms with Crippen LogP contribution in [0.2, 0.25) is 0 Å². The smallest absolute Gasteiger partial charge is 0.161 e. The molecule has 0 aliphatic heterocycles. The molecule has 0 N–H and O–H groups in total. The van der Waals surface area contributed by atoms with Gasteiger partial charge in [-0.3, -0.25) is 0 Å². The lowest BCUT2D eigenvalue weighted by Crippen LogP contribution is -2.25. The topological polar surface area (TPSA) is 36.9 Å². The van der Waals surface area contributed by atoms with Gasteiger partial charge in [0, 0.05) is 14.2 Å². The Kier molecular flexibility index (Phi) is 5.80. The quantitative estimate of drug-likeness (QED) is 0.731. The van der Waals surface area contributed by atoms with Gasteiger partial charge in [-0.25, -0.2) is 0 Å². The van der Waals surface area contributed by atoms with Gasteiger partial charge < -0.3 is 18.9 Å². The van der Waals surface area contributed by atoms with Crippen LogP contribution >= 0.6 is 0 Å². The lowest BCUT2D eigenvalue weighted by Gasteiger charge is -2.17. The van der Waals surface area contributed by atoms with Crippen molar-refractivity contribution in [2.24, 2.45) is 0 Å². The molecule has 0 fully saturated rings. The van der Waals surface area contributed by atoms with Crippen LogP contribution < -0.4 is 9.47 Å². The number of hydrogen-bond donors (Lipinski definition) is 0. The van der Waals surface area contributed by atoms with Crippen LogP contribution in [-0.4, -0.2) is 40.6 Å². The first-order chi connectivity index (χ1) is 8.21. The second-order valence-corrected chi connectivity index (χ2v) is 3.78.